The van der Waals surface area contributed by atoms with E-state index in [0.717, 1.165) is 15.5 Å². The van der Waals surface area contributed by atoms with Gasteiger partial charge in [0, 0.05) is 15.4 Å². The van der Waals surface area contributed by atoms with Crippen molar-refractivity contribution in [1.82, 2.24) is 0 Å². The van der Waals surface area contributed by atoms with Gasteiger partial charge in [-0.15, -0.1) is 0 Å². The third-order valence-electron chi connectivity index (χ3n) is 2.53. The van der Waals surface area contributed by atoms with E-state index in [1.807, 2.05) is 36.4 Å². The molecule has 0 aliphatic rings. The Labute approximate surface area is 121 Å². The minimum absolute atomic E-state index is 0.0263. The number of nitrogens with two attached hydrogens (primary N) is 1. The molecular formula is C14H13ClN2OS. The lowest BCUT2D eigenvalue weighted by Gasteiger charge is -2.10. The van der Waals surface area contributed by atoms with Gasteiger partial charge >= 0.3 is 0 Å². The van der Waals surface area contributed by atoms with Crippen LogP contribution in [0.1, 0.15) is 5.56 Å². The molecule has 0 heterocycles. The summed E-state index contributed by atoms with van der Waals surface area (Å²) in [6, 6.07) is 13.2. The van der Waals surface area contributed by atoms with Crippen LogP contribution in [0.15, 0.2) is 52.3 Å². The monoisotopic (exact) mass is 292 g/mol. The molecule has 3 nitrogen and oxygen atoms in total. The number of halogens is 1. The fourth-order valence-electron chi connectivity index (χ4n) is 1.62. The average Bonchev–Trinajstić information content (AvgIpc) is 2.39. The Hall–Kier alpha value is -1.65. The number of hydrogen-bond donors (Lipinski definition) is 2. The van der Waals surface area contributed by atoms with Gasteiger partial charge in [0.2, 0.25) is 0 Å². The zero-order chi connectivity index (χ0) is 13.8. The Bertz CT molecular complexity index is 599. The van der Waals surface area contributed by atoms with Crippen LogP contribution in [-0.2, 0) is 0 Å². The molecule has 0 saturated carbocycles. The highest BCUT2D eigenvalue weighted by Gasteiger charge is 2.11. The van der Waals surface area contributed by atoms with Crippen molar-refractivity contribution in [3.8, 4) is 5.75 Å². The minimum Gasteiger partial charge on any atom is -0.497 e. The molecule has 0 aliphatic carbocycles. The van der Waals surface area contributed by atoms with Crippen molar-refractivity contribution < 1.29 is 4.74 Å². The number of benzene rings is 2. The van der Waals surface area contributed by atoms with Gasteiger partial charge in [-0.25, -0.2) is 0 Å². The van der Waals surface area contributed by atoms with Gasteiger partial charge in [-0.3, -0.25) is 5.41 Å². The van der Waals surface area contributed by atoms with Crippen molar-refractivity contribution in [2.75, 3.05) is 7.11 Å². The summed E-state index contributed by atoms with van der Waals surface area (Å²) in [6.07, 6.45) is 0. The van der Waals surface area contributed by atoms with Crippen LogP contribution in [0.5, 0.6) is 5.75 Å². The molecule has 3 N–H and O–H groups in total. The highest BCUT2D eigenvalue weighted by molar-refractivity contribution is 7.99. The molecule has 2 aromatic rings. The molecule has 0 radical (unpaired) electrons. The maximum absolute atomic E-state index is 7.61. The predicted molar refractivity (Wildman–Crippen MR) is 79.6 cm³/mol. The summed E-state index contributed by atoms with van der Waals surface area (Å²) in [7, 11) is 1.63. The Morgan fingerprint density at radius 3 is 2.47 bits per heavy atom. The fraction of sp³-hybridized carbons (Fsp3) is 0.0714. The van der Waals surface area contributed by atoms with E-state index in [2.05, 4.69) is 0 Å². The van der Waals surface area contributed by atoms with E-state index in [1.54, 1.807) is 13.2 Å². The third-order valence-corrected chi connectivity index (χ3v) is 3.91. The number of hydrogen-bond acceptors (Lipinski definition) is 3. The van der Waals surface area contributed by atoms with Gasteiger partial charge in [0.05, 0.1) is 12.1 Å². The molecule has 0 amide bonds. The largest absolute Gasteiger partial charge is 0.497 e. The zero-order valence-electron chi connectivity index (χ0n) is 10.3. The van der Waals surface area contributed by atoms with Crippen molar-refractivity contribution in [1.29, 1.82) is 5.41 Å². The number of methoxy groups -OCH3 is 1. The molecule has 0 spiro atoms. The Morgan fingerprint density at radius 2 is 1.89 bits per heavy atom. The SMILES string of the molecule is COc1ccc(Sc2cccc(Cl)c2C(=N)N)cc1. The van der Waals surface area contributed by atoms with Crippen molar-refractivity contribution >= 4 is 29.2 Å². The molecule has 0 aliphatic heterocycles. The van der Waals surface area contributed by atoms with E-state index < -0.39 is 0 Å². The second-order valence-electron chi connectivity index (χ2n) is 3.80. The number of rotatable bonds is 4. The summed E-state index contributed by atoms with van der Waals surface area (Å²) in [5, 5.41) is 8.10. The second-order valence-corrected chi connectivity index (χ2v) is 5.33. The zero-order valence-corrected chi connectivity index (χ0v) is 11.9. The minimum atomic E-state index is -0.0263. The summed E-state index contributed by atoms with van der Waals surface area (Å²) < 4.78 is 5.12. The number of amidine groups is 1. The van der Waals surface area contributed by atoms with E-state index in [0.29, 0.717) is 10.6 Å². The number of ether oxygens (including phenoxy) is 1. The van der Waals surface area contributed by atoms with Crippen molar-refractivity contribution in [3.63, 3.8) is 0 Å². The summed E-state index contributed by atoms with van der Waals surface area (Å²) >= 11 is 7.60. The molecular weight excluding hydrogens is 280 g/mol. The predicted octanol–water partition coefficient (Wildman–Crippen LogP) is 3.78. The van der Waals surface area contributed by atoms with Crippen LogP contribution >= 0.6 is 23.4 Å². The first-order valence-electron chi connectivity index (χ1n) is 5.56. The van der Waals surface area contributed by atoms with Crippen molar-refractivity contribution in [3.05, 3.63) is 53.1 Å². The summed E-state index contributed by atoms with van der Waals surface area (Å²) in [5.74, 6) is 0.781. The standard InChI is InChI=1S/C14H13ClN2OS/c1-18-9-5-7-10(8-6-9)19-12-4-2-3-11(15)13(12)14(16)17/h2-8H,1H3,(H3,16,17). The normalized spacial score (nSPS) is 10.2. The molecule has 98 valence electrons. The molecule has 0 unspecified atom stereocenters. The molecule has 2 aromatic carbocycles. The van der Waals surface area contributed by atoms with Gasteiger partial charge < -0.3 is 10.5 Å². The van der Waals surface area contributed by atoms with Crippen LogP contribution in [0.3, 0.4) is 0 Å². The van der Waals surface area contributed by atoms with Crippen LogP contribution in [0.2, 0.25) is 5.02 Å². The quantitative estimate of drug-likeness (QED) is 0.666. The van der Waals surface area contributed by atoms with Crippen LogP contribution in [0.4, 0.5) is 0 Å². The van der Waals surface area contributed by atoms with Gasteiger partial charge in [0.1, 0.15) is 11.6 Å². The highest BCUT2D eigenvalue weighted by Crippen LogP contribution is 2.34. The summed E-state index contributed by atoms with van der Waals surface area (Å²) in [5.41, 5.74) is 6.15. The Kier molecular flexibility index (Phi) is 4.35. The highest BCUT2D eigenvalue weighted by atomic mass is 35.5. The number of nitrogen functional groups attached to an aromatic ring is 1. The first kappa shape index (κ1) is 13.8. The molecule has 0 fully saturated rings. The molecule has 0 bridgehead atoms. The van der Waals surface area contributed by atoms with Gasteiger partial charge in [-0.2, -0.15) is 0 Å². The summed E-state index contributed by atoms with van der Waals surface area (Å²) in [4.78, 5) is 1.90. The van der Waals surface area contributed by atoms with Crippen LogP contribution in [-0.4, -0.2) is 12.9 Å². The lowest BCUT2D eigenvalue weighted by Crippen LogP contribution is -2.12. The Balaban J connectivity index is 2.32. The average molecular weight is 293 g/mol. The smallest absolute Gasteiger partial charge is 0.125 e. The lowest BCUT2D eigenvalue weighted by atomic mass is 10.2. The first-order chi connectivity index (χ1) is 9.11. The fourth-order valence-corrected chi connectivity index (χ4v) is 2.95. The van der Waals surface area contributed by atoms with E-state index in [-0.39, 0.29) is 5.84 Å². The van der Waals surface area contributed by atoms with Crippen molar-refractivity contribution in [2.24, 2.45) is 5.73 Å². The molecule has 0 atom stereocenters. The first-order valence-corrected chi connectivity index (χ1v) is 6.76. The number of nitrogens with one attached hydrogen (secondary N) is 1. The molecule has 0 aromatic heterocycles. The summed E-state index contributed by atoms with van der Waals surface area (Å²) in [6.45, 7) is 0. The van der Waals surface area contributed by atoms with Crippen LogP contribution in [0, 0.1) is 5.41 Å². The molecule has 19 heavy (non-hydrogen) atoms. The maximum Gasteiger partial charge on any atom is 0.125 e. The van der Waals surface area contributed by atoms with Gasteiger partial charge in [0.25, 0.3) is 0 Å². The molecule has 2 rings (SSSR count). The Morgan fingerprint density at radius 1 is 1.21 bits per heavy atom. The topological polar surface area (TPSA) is 59.1 Å². The van der Waals surface area contributed by atoms with E-state index >= 15 is 0 Å². The van der Waals surface area contributed by atoms with E-state index in [1.165, 1.54) is 11.8 Å². The lowest BCUT2D eigenvalue weighted by molar-refractivity contribution is 0.414. The van der Waals surface area contributed by atoms with Gasteiger partial charge in [-0.1, -0.05) is 29.4 Å². The second kappa shape index (κ2) is 5.99. The van der Waals surface area contributed by atoms with E-state index in [9.17, 15) is 0 Å². The molecule has 5 heteroatoms. The van der Waals surface area contributed by atoms with E-state index in [4.69, 9.17) is 27.5 Å². The maximum atomic E-state index is 7.61. The van der Waals surface area contributed by atoms with Gasteiger partial charge in [0.15, 0.2) is 0 Å². The van der Waals surface area contributed by atoms with Crippen LogP contribution < -0.4 is 10.5 Å². The van der Waals surface area contributed by atoms with Gasteiger partial charge in [-0.05, 0) is 36.4 Å². The van der Waals surface area contributed by atoms with Crippen LogP contribution in [0.25, 0.3) is 0 Å². The van der Waals surface area contributed by atoms with Crippen molar-refractivity contribution in [2.45, 2.75) is 9.79 Å². The molecule has 0 saturated heterocycles. The third kappa shape index (κ3) is 3.22.